The van der Waals surface area contributed by atoms with Crippen LogP contribution in [0.4, 0.5) is 0 Å². The van der Waals surface area contributed by atoms with Crippen LogP contribution in [0.1, 0.15) is 20.8 Å². The number of hydrogen-bond donors (Lipinski definition) is 0. The van der Waals surface area contributed by atoms with E-state index in [9.17, 15) is 0 Å². The highest BCUT2D eigenvalue weighted by atomic mass is 28.3. The fraction of sp³-hybridized carbons (Fsp3) is 0.833. The van der Waals surface area contributed by atoms with Gasteiger partial charge in [-0.2, -0.15) is 0 Å². The molecule has 0 aromatic rings. The molecule has 0 bridgehead atoms. The summed E-state index contributed by atoms with van der Waals surface area (Å²) in [6.07, 6.45) is 4.15. The fourth-order valence-electron chi connectivity index (χ4n) is 1.10. The van der Waals surface area contributed by atoms with Crippen molar-refractivity contribution in [2.24, 2.45) is 0 Å². The van der Waals surface area contributed by atoms with E-state index in [0.29, 0.717) is 12.8 Å². The Labute approximate surface area is 96.3 Å². The molecule has 0 aliphatic rings. The normalized spacial score (nSPS) is 12.7. The second-order valence-electron chi connectivity index (χ2n) is 5.44. The molecule has 90 valence electrons. The molecule has 0 saturated carbocycles. The van der Waals surface area contributed by atoms with Crippen LogP contribution in [-0.2, 0) is 4.74 Å². The van der Waals surface area contributed by atoms with Gasteiger partial charge in [-0.1, -0.05) is 25.7 Å². The predicted octanol–water partition coefficient (Wildman–Crippen LogP) is 3.54. The summed E-state index contributed by atoms with van der Waals surface area (Å²) in [7, 11) is -0.936. The number of ether oxygens (including phenoxy) is 1. The lowest BCUT2D eigenvalue weighted by Crippen LogP contribution is -2.29. The molecule has 0 aliphatic heterocycles. The maximum Gasteiger partial charge on any atom is 0.118 e. The van der Waals surface area contributed by atoms with Crippen molar-refractivity contribution in [1.82, 2.24) is 4.90 Å². The first kappa shape index (κ1) is 14.7. The molecule has 0 aromatic carbocycles. The molecule has 0 aliphatic carbocycles. The second-order valence-corrected chi connectivity index (χ2v) is 11.1. The fourth-order valence-corrected chi connectivity index (χ4v) is 1.86. The minimum atomic E-state index is -0.936. The Morgan fingerprint density at radius 3 is 2.27 bits per heavy atom. The van der Waals surface area contributed by atoms with E-state index in [2.05, 4.69) is 50.7 Å². The maximum atomic E-state index is 5.70. The minimum Gasteiger partial charge on any atom is -0.361 e. The first-order valence-corrected chi connectivity index (χ1v) is 9.54. The highest BCUT2D eigenvalue weighted by Gasteiger charge is 2.12. The Hall–Kier alpha value is -0.283. The van der Waals surface area contributed by atoms with Gasteiger partial charge in [0.25, 0.3) is 0 Å². The van der Waals surface area contributed by atoms with Crippen LogP contribution >= 0.6 is 0 Å². The number of hydrogen-bond acceptors (Lipinski definition) is 2. The Morgan fingerprint density at radius 1 is 1.27 bits per heavy atom. The SMILES string of the molecule is C/C=C\N(COCC[Si](C)(C)C)C(C)C. The van der Waals surface area contributed by atoms with Crippen LogP contribution in [0.5, 0.6) is 0 Å². The highest BCUT2D eigenvalue weighted by Crippen LogP contribution is 2.08. The van der Waals surface area contributed by atoms with E-state index >= 15 is 0 Å². The highest BCUT2D eigenvalue weighted by molar-refractivity contribution is 6.76. The molecule has 2 nitrogen and oxygen atoms in total. The quantitative estimate of drug-likeness (QED) is 0.376. The van der Waals surface area contributed by atoms with Crippen molar-refractivity contribution in [2.45, 2.75) is 52.5 Å². The van der Waals surface area contributed by atoms with Gasteiger partial charge in [-0.3, -0.25) is 0 Å². The van der Waals surface area contributed by atoms with Gasteiger partial charge in [-0.25, -0.2) is 0 Å². The zero-order chi connectivity index (χ0) is 11.9. The summed E-state index contributed by atoms with van der Waals surface area (Å²) in [4.78, 5) is 2.21. The summed E-state index contributed by atoms with van der Waals surface area (Å²) in [6.45, 7) is 15.2. The second kappa shape index (κ2) is 7.07. The predicted molar refractivity (Wildman–Crippen MR) is 70.8 cm³/mol. The molecule has 0 radical (unpaired) electrons. The van der Waals surface area contributed by atoms with Gasteiger partial charge in [-0.05, 0) is 33.0 Å². The molecule has 0 amide bonds. The van der Waals surface area contributed by atoms with Crippen LogP contribution in [0.3, 0.4) is 0 Å². The topological polar surface area (TPSA) is 12.5 Å². The summed E-state index contributed by atoms with van der Waals surface area (Å²) in [5.74, 6) is 0. The molecule has 0 rings (SSSR count). The van der Waals surface area contributed by atoms with E-state index in [1.807, 2.05) is 6.92 Å². The molecule has 0 atom stereocenters. The molecule has 0 fully saturated rings. The standard InChI is InChI=1S/C12H27NOSi/c1-7-8-13(12(2)3)11-14-9-10-15(4,5)6/h7-8,12H,9-11H2,1-6H3/b8-7-. The van der Waals surface area contributed by atoms with Gasteiger partial charge in [0.1, 0.15) is 6.73 Å². The zero-order valence-electron chi connectivity index (χ0n) is 11.2. The van der Waals surface area contributed by atoms with Crippen LogP contribution in [0, 0.1) is 0 Å². The third kappa shape index (κ3) is 8.69. The number of allylic oxidation sites excluding steroid dienone is 1. The van der Waals surface area contributed by atoms with E-state index in [-0.39, 0.29) is 0 Å². The van der Waals surface area contributed by atoms with Gasteiger partial charge in [-0.15, -0.1) is 0 Å². The van der Waals surface area contributed by atoms with Crippen molar-refractivity contribution in [3.8, 4) is 0 Å². The van der Waals surface area contributed by atoms with Gasteiger partial charge >= 0.3 is 0 Å². The van der Waals surface area contributed by atoms with Crippen LogP contribution in [0.25, 0.3) is 0 Å². The summed E-state index contributed by atoms with van der Waals surface area (Å²) in [5, 5.41) is 0. The van der Waals surface area contributed by atoms with Crippen LogP contribution < -0.4 is 0 Å². The molecule has 3 heteroatoms. The molecule has 0 unspecified atom stereocenters. The molecule has 0 N–H and O–H groups in total. The van der Waals surface area contributed by atoms with Crippen molar-refractivity contribution in [2.75, 3.05) is 13.3 Å². The smallest absolute Gasteiger partial charge is 0.118 e. The third-order valence-electron chi connectivity index (χ3n) is 2.24. The number of rotatable bonds is 7. The van der Waals surface area contributed by atoms with Gasteiger partial charge < -0.3 is 9.64 Å². The van der Waals surface area contributed by atoms with Crippen molar-refractivity contribution < 1.29 is 4.74 Å². The van der Waals surface area contributed by atoms with E-state index < -0.39 is 8.07 Å². The zero-order valence-corrected chi connectivity index (χ0v) is 12.2. The molecule has 0 spiro atoms. The monoisotopic (exact) mass is 229 g/mol. The van der Waals surface area contributed by atoms with Gasteiger partial charge in [0.15, 0.2) is 0 Å². The van der Waals surface area contributed by atoms with E-state index in [1.54, 1.807) is 0 Å². The Bertz CT molecular complexity index is 185. The van der Waals surface area contributed by atoms with Gasteiger partial charge in [0.2, 0.25) is 0 Å². The van der Waals surface area contributed by atoms with E-state index in [4.69, 9.17) is 4.74 Å². The van der Waals surface area contributed by atoms with Crippen molar-refractivity contribution in [3.05, 3.63) is 12.3 Å². The van der Waals surface area contributed by atoms with Crippen molar-refractivity contribution >= 4 is 8.07 Å². The van der Waals surface area contributed by atoms with E-state index in [1.165, 1.54) is 6.04 Å². The summed E-state index contributed by atoms with van der Waals surface area (Å²) >= 11 is 0. The third-order valence-corrected chi connectivity index (χ3v) is 3.94. The Balaban J connectivity index is 3.72. The van der Waals surface area contributed by atoms with Crippen LogP contribution in [0.15, 0.2) is 12.3 Å². The molecular weight excluding hydrogens is 202 g/mol. The Morgan fingerprint density at radius 2 is 1.87 bits per heavy atom. The molecule has 15 heavy (non-hydrogen) atoms. The molecule has 0 saturated heterocycles. The lowest BCUT2D eigenvalue weighted by molar-refractivity contribution is 0.0475. The first-order valence-electron chi connectivity index (χ1n) is 5.83. The largest absolute Gasteiger partial charge is 0.361 e. The molecule has 0 heterocycles. The van der Waals surface area contributed by atoms with Crippen LogP contribution in [0.2, 0.25) is 25.7 Å². The van der Waals surface area contributed by atoms with Gasteiger partial charge in [0.05, 0.1) is 0 Å². The lowest BCUT2D eigenvalue weighted by atomic mass is 10.3. The van der Waals surface area contributed by atoms with Gasteiger partial charge in [0, 0.05) is 20.7 Å². The summed E-state index contributed by atoms with van der Waals surface area (Å²) < 4.78 is 5.70. The minimum absolute atomic E-state index is 0.507. The Kier molecular flexibility index (Phi) is 6.93. The first-order chi connectivity index (χ1) is 6.87. The molecule has 0 aromatic heterocycles. The van der Waals surface area contributed by atoms with Crippen LogP contribution in [-0.4, -0.2) is 32.4 Å². The van der Waals surface area contributed by atoms with E-state index in [0.717, 1.165) is 6.61 Å². The van der Waals surface area contributed by atoms with Crippen molar-refractivity contribution in [3.63, 3.8) is 0 Å². The number of nitrogens with zero attached hydrogens (tertiary/aromatic N) is 1. The summed E-state index contributed by atoms with van der Waals surface area (Å²) in [5.41, 5.74) is 0. The average Bonchev–Trinajstić information content (AvgIpc) is 2.08. The average molecular weight is 229 g/mol. The lowest BCUT2D eigenvalue weighted by Gasteiger charge is -2.25. The van der Waals surface area contributed by atoms with Crippen molar-refractivity contribution in [1.29, 1.82) is 0 Å². The molecular formula is C12H27NOSi. The summed E-state index contributed by atoms with van der Waals surface area (Å²) in [6, 6.07) is 1.75. The maximum absolute atomic E-state index is 5.70.